The first kappa shape index (κ1) is 17.8. The van der Waals surface area contributed by atoms with Gasteiger partial charge in [0.05, 0.1) is 11.3 Å². The van der Waals surface area contributed by atoms with Crippen molar-refractivity contribution in [1.82, 2.24) is 14.8 Å². The van der Waals surface area contributed by atoms with Crippen molar-refractivity contribution in [3.8, 4) is 0 Å². The number of rotatable bonds is 5. The molecular weight excluding hydrogens is 330 g/mol. The van der Waals surface area contributed by atoms with Crippen molar-refractivity contribution in [2.24, 2.45) is 7.05 Å². The van der Waals surface area contributed by atoms with E-state index in [2.05, 4.69) is 17.0 Å². The molecule has 2 aromatic heterocycles. The zero-order chi connectivity index (χ0) is 18.8. The van der Waals surface area contributed by atoms with E-state index in [0.717, 1.165) is 23.1 Å². The second-order valence-corrected chi connectivity index (χ2v) is 6.27. The fraction of sp³-hybridized carbons (Fsp3) is 0.300. The molecule has 6 heteroatoms. The number of aryl methyl sites for hydroxylation is 3. The van der Waals surface area contributed by atoms with Crippen LogP contribution in [-0.4, -0.2) is 32.6 Å². The third-order valence-corrected chi connectivity index (χ3v) is 4.40. The topological polar surface area (TPSA) is 74.1 Å². The molecule has 1 aromatic carbocycles. The number of hydrogen-bond acceptors (Lipinski definition) is 5. The molecule has 0 bridgehead atoms. The summed E-state index contributed by atoms with van der Waals surface area (Å²) in [7, 11) is 1.80. The number of benzene rings is 1. The predicted molar refractivity (Wildman–Crippen MR) is 98.3 cm³/mol. The Morgan fingerprint density at radius 1 is 1.19 bits per heavy atom. The number of Topliss-reactive ketones (excluding diaryl/α,β-unsaturated/α-hetero) is 1. The van der Waals surface area contributed by atoms with E-state index in [1.807, 2.05) is 19.1 Å². The standard InChI is InChI=1S/C20H21N3O3/c1-5-14-6-8-15(9-7-14)18(24)13(3)26-20(25)16-10-17-12(2)22-23(4)19(17)21-11-16/h6-11,13H,5H2,1-4H3. The molecule has 26 heavy (non-hydrogen) atoms. The van der Waals surface area contributed by atoms with Crippen molar-refractivity contribution in [3.05, 3.63) is 58.9 Å². The van der Waals surface area contributed by atoms with Crippen molar-refractivity contribution in [1.29, 1.82) is 0 Å². The number of nitrogens with zero attached hydrogens (tertiary/aromatic N) is 3. The third-order valence-electron chi connectivity index (χ3n) is 4.40. The number of pyridine rings is 1. The van der Waals surface area contributed by atoms with Gasteiger partial charge in [-0.2, -0.15) is 5.10 Å². The Bertz CT molecular complexity index is 974. The zero-order valence-electron chi connectivity index (χ0n) is 15.3. The maximum absolute atomic E-state index is 12.5. The molecule has 1 unspecified atom stereocenters. The van der Waals surface area contributed by atoms with Gasteiger partial charge >= 0.3 is 5.97 Å². The Hall–Kier alpha value is -3.02. The largest absolute Gasteiger partial charge is 0.451 e. The van der Waals surface area contributed by atoms with Gasteiger partial charge in [0, 0.05) is 24.2 Å². The van der Waals surface area contributed by atoms with Crippen LogP contribution in [0.3, 0.4) is 0 Å². The summed E-state index contributed by atoms with van der Waals surface area (Å²) in [6, 6.07) is 9.03. The molecule has 0 fully saturated rings. The summed E-state index contributed by atoms with van der Waals surface area (Å²) in [5.41, 5.74) is 3.45. The van der Waals surface area contributed by atoms with Crippen molar-refractivity contribution in [2.45, 2.75) is 33.3 Å². The van der Waals surface area contributed by atoms with Gasteiger partial charge in [0.1, 0.15) is 0 Å². The minimum Gasteiger partial charge on any atom is -0.451 e. The SMILES string of the molecule is CCc1ccc(C(=O)C(C)OC(=O)c2cnc3c(c2)c(C)nn3C)cc1. The van der Waals surface area contributed by atoms with Crippen molar-refractivity contribution in [2.75, 3.05) is 0 Å². The fourth-order valence-electron chi connectivity index (χ4n) is 2.84. The van der Waals surface area contributed by atoms with Crippen molar-refractivity contribution < 1.29 is 14.3 Å². The lowest BCUT2D eigenvalue weighted by atomic mass is 10.0. The number of carbonyl (C=O) groups excluding carboxylic acids is 2. The number of ketones is 1. The minimum absolute atomic E-state index is 0.229. The van der Waals surface area contributed by atoms with Gasteiger partial charge in [-0.05, 0) is 31.9 Å². The molecule has 2 heterocycles. The van der Waals surface area contributed by atoms with Gasteiger partial charge < -0.3 is 4.74 Å². The van der Waals surface area contributed by atoms with Crippen molar-refractivity contribution in [3.63, 3.8) is 0 Å². The third kappa shape index (κ3) is 3.35. The summed E-state index contributed by atoms with van der Waals surface area (Å²) in [5.74, 6) is -0.804. The average molecular weight is 351 g/mol. The molecular formula is C20H21N3O3. The number of hydrogen-bond donors (Lipinski definition) is 0. The Balaban J connectivity index is 1.76. The van der Waals surface area contributed by atoms with E-state index in [9.17, 15) is 9.59 Å². The number of carbonyl (C=O) groups is 2. The zero-order valence-corrected chi connectivity index (χ0v) is 15.3. The van der Waals surface area contributed by atoms with E-state index in [0.29, 0.717) is 16.8 Å². The molecule has 1 atom stereocenters. The molecule has 134 valence electrons. The normalized spacial score (nSPS) is 12.2. The molecule has 0 radical (unpaired) electrons. The van der Waals surface area contributed by atoms with Crippen molar-refractivity contribution >= 4 is 22.8 Å². The Morgan fingerprint density at radius 3 is 2.54 bits per heavy atom. The van der Waals surface area contributed by atoms with Crippen LogP contribution in [0.25, 0.3) is 11.0 Å². The fourth-order valence-corrected chi connectivity index (χ4v) is 2.84. The maximum atomic E-state index is 12.5. The second-order valence-electron chi connectivity index (χ2n) is 6.27. The quantitative estimate of drug-likeness (QED) is 0.521. The van der Waals surface area contributed by atoms with E-state index in [1.54, 1.807) is 36.9 Å². The molecule has 6 nitrogen and oxygen atoms in total. The highest BCUT2D eigenvalue weighted by atomic mass is 16.5. The molecule has 0 N–H and O–H groups in total. The van der Waals surface area contributed by atoms with E-state index >= 15 is 0 Å². The summed E-state index contributed by atoms with van der Waals surface area (Å²) in [4.78, 5) is 29.2. The van der Waals surface area contributed by atoms with Crippen LogP contribution < -0.4 is 0 Å². The van der Waals surface area contributed by atoms with Crippen LogP contribution in [0, 0.1) is 6.92 Å². The summed E-state index contributed by atoms with van der Waals surface area (Å²) in [6.07, 6.45) is 1.47. The van der Waals surface area contributed by atoms with Crippen LogP contribution in [0.1, 0.15) is 45.8 Å². The summed E-state index contributed by atoms with van der Waals surface area (Å²) >= 11 is 0. The smallest absolute Gasteiger partial charge is 0.340 e. The lowest BCUT2D eigenvalue weighted by molar-refractivity contribution is 0.0318. The van der Waals surface area contributed by atoms with E-state index in [-0.39, 0.29) is 5.78 Å². The van der Waals surface area contributed by atoms with Gasteiger partial charge in [0.15, 0.2) is 11.8 Å². The molecule has 3 rings (SSSR count). The highest BCUT2D eigenvalue weighted by molar-refractivity contribution is 6.01. The lowest BCUT2D eigenvalue weighted by Crippen LogP contribution is -2.24. The Kier molecular flexibility index (Phi) is 4.84. The first-order valence-electron chi connectivity index (χ1n) is 8.54. The second kappa shape index (κ2) is 7.07. The highest BCUT2D eigenvalue weighted by Crippen LogP contribution is 2.18. The maximum Gasteiger partial charge on any atom is 0.340 e. The monoisotopic (exact) mass is 351 g/mol. The molecule has 0 aliphatic carbocycles. The summed E-state index contributed by atoms with van der Waals surface area (Å²) < 4.78 is 7.01. The molecule has 0 saturated carbocycles. The lowest BCUT2D eigenvalue weighted by Gasteiger charge is -2.12. The van der Waals surface area contributed by atoms with E-state index in [1.165, 1.54) is 6.20 Å². The first-order chi connectivity index (χ1) is 12.4. The van der Waals surface area contributed by atoms with Gasteiger partial charge in [0.25, 0.3) is 0 Å². The van der Waals surface area contributed by atoms with Gasteiger partial charge in [-0.15, -0.1) is 0 Å². The number of fused-ring (bicyclic) bond motifs is 1. The average Bonchev–Trinajstić information content (AvgIpc) is 2.94. The highest BCUT2D eigenvalue weighted by Gasteiger charge is 2.21. The van der Waals surface area contributed by atoms with Gasteiger partial charge in [-0.25, -0.2) is 9.78 Å². The molecule has 0 saturated heterocycles. The predicted octanol–water partition coefficient (Wildman–Crippen LogP) is 3.27. The molecule has 0 spiro atoms. The van der Waals surface area contributed by atoms with Crippen LogP contribution in [0.4, 0.5) is 0 Å². The Labute approximate surface area is 151 Å². The van der Waals surface area contributed by atoms with E-state index in [4.69, 9.17) is 4.74 Å². The number of ether oxygens (including phenoxy) is 1. The van der Waals surface area contributed by atoms with Crippen LogP contribution >= 0.6 is 0 Å². The molecule has 0 amide bonds. The van der Waals surface area contributed by atoms with Gasteiger partial charge in [-0.3, -0.25) is 9.48 Å². The van der Waals surface area contributed by atoms with Crippen LogP contribution in [0.2, 0.25) is 0 Å². The molecule has 0 aliphatic rings. The van der Waals surface area contributed by atoms with Crippen LogP contribution in [0.15, 0.2) is 36.5 Å². The summed E-state index contributed by atoms with van der Waals surface area (Å²) in [6.45, 7) is 5.48. The molecule has 0 aliphatic heterocycles. The van der Waals surface area contributed by atoms with Gasteiger partial charge in [-0.1, -0.05) is 31.2 Å². The van der Waals surface area contributed by atoms with Gasteiger partial charge in [0.2, 0.25) is 5.78 Å². The van der Waals surface area contributed by atoms with Crippen LogP contribution in [0.5, 0.6) is 0 Å². The number of esters is 1. The van der Waals surface area contributed by atoms with Crippen LogP contribution in [-0.2, 0) is 18.2 Å². The summed E-state index contributed by atoms with van der Waals surface area (Å²) in [5, 5.41) is 5.07. The molecule has 3 aromatic rings. The number of aromatic nitrogens is 3. The van der Waals surface area contributed by atoms with E-state index < -0.39 is 12.1 Å². The first-order valence-corrected chi connectivity index (χ1v) is 8.54. The Morgan fingerprint density at radius 2 is 1.88 bits per heavy atom. The minimum atomic E-state index is -0.874.